The molecule has 4 atom stereocenters. The van der Waals surface area contributed by atoms with Gasteiger partial charge in [0.2, 0.25) is 5.91 Å². The lowest BCUT2D eigenvalue weighted by atomic mass is 10.0. The number of carboxylic acids is 2. The molecule has 1 fully saturated rings. The molecule has 4 unspecified atom stereocenters. The van der Waals surface area contributed by atoms with E-state index in [4.69, 9.17) is 15.9 Å². The van der Waals surface area contributed by atoms with Crippen LogP contribution in [0.2, 0.25) is 0 Å². The quantitative estimate of drug-likeness (QED) is 0.161. The third-order valence-corrected chi connectivity index (χ3v) is 4.88. The normalized spacial score (nSPS) is 23.3. The third-order valence-electron chi connectivity index (χ3n) is 3.65. The summed E-state index contributed by atoms with van der Waals surface area (Å²) in [6.45, 7) is -0.135. The van der Waals surface area contributed by atoms with Gasteiger partial charge in [0.1, 0.15) is 12.1 Å². The Hall–Kier alpha value is -1.66. The maximum absolute atomic E-state index is 12.2. The van der Waals surface area contributed by atoms with Crippen molar-refractivity contribution in [1.29, 1.82) is 0 Å². The minimum absolute atomic E-state index is 0.0437. The Bertz CT molecular complexity index is 600. The highest BCUT2D eigenvalue weighted by atomic mass is 32.2. The first-order chi connectivity index (χ1) is 11.5. The van der Waals surface area contributed by atoms with Crippen LogP contribution in [0.1, 0.15) is 19.3 Å². The van der Waals surface area contributed by atoms with Crippen LogP contribution < -0.4 is 11.1 Å². The van der Waals surface area contributed by atoms with Gasteiger partial charge in [-0.1, -0.05) is 0 Å². The molecular weight excluding hydrogens is 374 g/mol. The zero-order valence-electron chi connectivity index (χ0n) is 13.5. The number of thiol groups is 1. The SMILES string of the molecule is CS(=O)CC(C(=O)O)N1CC(S)(NC(=O)CCCC(N)C(=O)O)C1=O. The number of nitrogens with one attached hydrogen (secondary N) is 1. The van der Waals surface area contributed by atoms with Crippen molar-refractivity contribution in [3.8, 4) is 0 Å². The van der Waals surface area contributed by atoms with E-state index in [2.05, 4.69) is 17.9 Å². The lowest BCUT2D eigenvalue weighted by molar-refractivity contribution is -0.160. The molecule has 0 aromatic rings. The molecule has 0 aromatic heterocycles. The summed E-state index contributed by atoms with van der Waals surface area (Å²) in [6.07, 6.45) is 1.61. The Morgan fingerprint density at radius 1 is 1.40 bits per heavy atom. The summed E-state index contributed by atoms with van der Waals surface area (Å²) in [6, 6.07) is -2.31. The lowest BCUT2D eigenvalue weighted by Gasteiger charge is -2.48. The smallest absolute Gasteiger partial charge is 0.327 e. The number of carboxylic acid groups (broad SMARTS) is 2. The molecule has 25 heavy (non-hydrogen) atoms. The molecule has 0 saturated carbocycles. The van der Waals surface area contributed by atoms with Crippen molar-refractivity contribution < 1.29 is 33.6 Å². The molecule has 1 aliphatic heterocycles. The number of hydrogen-bond donors (Lipinski definition) is 5. The van der Waals surface area contributed by atoms with Crippen LogP contribution in [-0.2, 0) is 30.0 Å². The van der Waals surface area contributed by atoms with Crippen LogP contribution in [0.3, 0.4) is 0 Å². The van der Waals surface area contributed by atoms with E-state index < -0.39 is 51.5 Å². The van der Waals surface area contributed by atoms with Crippen molar-refractivity contribution in [3.63, 3.8) is 0 Å². The number of hydrogen-bond acceptors (Lipinski definition) is 7. The Morgan fingerprint density at radius 3 is 2.44 bits per heavy atom. The van der Waals surface area contributed by atoms with Gasteiger partial charge in [0, 0.05) is 23.5 Å². The highest BCUT2D eigenvalue weighted by Gasteiger charge is 2.54. The molecule has 1 rings (SSSR count). The number of nitrogens with zero attached hydrogens (tertiary/aromatic N) is 1. The summed E-state index contributed by atoms with van der Waals surface area (Å²) >= 11 is 4.11. The van der Waals surface area contributed by atoms with E-state index in [1.165, 1.54) is 6.26 Å². The standard InChI is InChI=1S/C13H21N3O7S2/c1-25(23)5-8(11(20)21)16-6-13(24,12(16)22)15-9(17)4-2-3-7(14)10(18)19/h7-8,24H,2-6,14H2,1H3,(H,15,17)(H,18,19)(H,20,21). The summed E-state index contributed by atoms with van der Waals surface area (Å²) in [4.78, 5) is 45.3. The first-order valence-corrected chi connectivity index (χ1v) is 9.51. The molecule has 0 bridgehead atoms. The summed E-state index contributed by atoms with van der Waals surface area (Å²) < 4.78 is 11.2. The van der Waals surface area contributed by atoms with Crippen LogP contribution in [0.4, 0.5) is 0 Å². The summed E-state index contributed by atoms with van der Waals surface area (Å²) in [5.41, 5.74) is 5.32. The summed E-state index contributed by atoms with van der Waals surface area (Å²) in [5, 5.41) is 20.2. The highest BCUT2D eigenvalue weighted by molar-refractivity contribution is 7.84. The molecule has 5 N–H and O–H groups in total. The predicted molar refractivity (Wildman–Crippen MR) is 91.4 cm³/mol. The van der Waals surface area contributed by atoms with Gasteiger partial charge in [-0.25, -0.2) is 4.79 Å². The van der Waals surface area contributed by atoms with E-state index in [0.717, 1.165) is 4.90 Å². The fraction of sp³-hybridized carbons (Fsp3) is 0.692. The number of nitrogens with two attached hydrogens (primary N) is 1. The number of likely N-dealkylation sites (tertiary alicyclic amines) is 1. The molecule has 1 saturated heterocycles. The Kier molecular flexibility index (Phi) is 7.38. The minimum atomic E-state index is -1.52. The van der Waals surface area contributed by atoms with Crippen LogP contribution in [0, 0.1) is 0 Å². The molecule has 2 amide bonds. The van der Waals surface area contributed by atoms with E-state index in [0.29, 0.717) is 0 Å². The third kappa shape index (κ3) is 5.68. The van der Waals surface area contributed by atoms with Crippen LogP contribution in [0.15, 0.2) is 0 Å². The topological polar surface area (TPSA) is 167 Å². The fourth-order valence-electron chi connectivity index (χ4n) is 2.29. The van der Waals surface area contributed by atoms with Gasteiger partial charge in [-0.05, 0) is 12.8 Å². The first-order valence-electron chi connectivity index (χ1n) is 7.33. The van der Waals surface area contributed by atoms with E-state index in [1.54, 1.807) is 0 Å². The van der Waals surface area contributed by atoms with Gasteiger partial charge in [-0.2, -0.15) is 0 Å². The molecule has 142 valence electrons. The number of aliphatic carboxylic acids is 2. The van der Waals surface area contributed by atoms with Crippen LogP contribution in [0.25, 0.3) is 0 Å². The van der Waals surface area contributed by atoms with Crippen molar-refractivity contribution in [3.05, 3.63) is 0 Å². The van der Waals surface area contributed by atoms with Crippen molar-refractivity contribution in [2.45, 2.75) is 36.2 Å². The zero-order valence-corrected chi connectivity index (χ0v) is 15.2. The predicted octanol–water partition coefficient (Wildman–Crippen LogP) is -2.02. The second-order valence-corrected chi connectivity index (χ2v) is 8.02. The first kappa shape index (κ1) is 21.4. The molecule has 1 aliphatic rings. The van der Waals surface area contributed by atoms with Crippen molar-refractivity contribution >= 4 is 47.2 Å². The second kappa shape index (κ2) is 8.63. The number of carbonyl (C=O) groups is 4. The average Bonchev–Trinajstić information content (AvgIpc) is 2.49. The number of carbonyl (C=O) groups excluding carboxylic acids is 2. The van der Waals surface area contributed by atoms with Gasteiger partial charge in [-0.3, -0.25) is 18.6 Å². The Balaban J connectivity index is 2.54. The molecular formula is C13H21N3O7S2. The second-order valence-electron chi connectivity index (χ2n) is 5.77. The zero-order chi connectivity index (χ0) is 19.4. The van der Waals surface area contributed by atoms with Crippen molar-refractivity contribution in [2.75, 3.05) is 18.6 Å². The Labute approximate surface area is 152 Å². The summed E-state index contributed by atoms with van der Waals surface area (Å²) in [7, 11) is -1.41. The maximum atomic E-state index is 12.2. The fourth-order valence-corrected chi connectivity index (χ4v) is 3.47. The van der Waals surface area contributed by atoms with E-state index in [9.17, 15) is 23.4 Å². The van der Waals surface area contributed by atoms with Gasteiger partial charge in [0.25, 0.3) is 5.91 Å². The minimum Gasteiger partial charge on any atom is -0.480 e. The number of rotatable bonds is 10. The van der Waals surface area contributed by atoms with Crippen LogP contribution in [0.5, 0.6) is 0 Å². The largest absolute Gasteiger partial charge is 0.480 e. The van der Waals surface area contributed by atoms with Crippen molar-refractivity contribution in [2.24, 2.45) is 5.73 Å². The molecule has 0 aliphatic carbocycles. The molecule has 1 heterocycles. The van der Waals surface area contributed by atoms with Gasteiger partial charge >= 0.3 is 11.9 Å². The Morgan fingerprint density at radius 2 is 2.00 bits per heavy atom. The molecule has 10 nitrogen and oxygen atoms in total. The van der Waals surface area contributed by atoms with Gasteiger partial charge in [0.05, 0.1) is 12.3 Å². The summed E-state index contributed by atoms with van der Waals surface area (Å²) in [5.74, 6) is -3.88. The van der Waals surface area contributed by atoms with E-state index >= 15 is 0 Å². The van der Waals surface area contributed by atoms with E-state index in [1.807, 2.05) is 0 Å². The van der Waals surface area contributed by atoms with E-state index in [-0.39, 0.29) is 31.6 Å². The lowest BCUT2D eigenvalue weighted by Crippen LogP contribution is -2.74. The monoisotopic (exact) mass is 395 g/mol. The van der Waals surface area contributed by atoms with Gasteiger partial charge in [0.15, 0.2) is 4.87 Å². The maximum Gasteiger partial charge on any atom is 0.327 e. The van der Waals surface area contributed by atoms with Gasteiger partial charge in [-0.15, -0.1) is 12.6 Å². The van der Waals surface area contributed by atoms with Crippen molar-refractivity contribution in [1.82, 2.24) is 10.2 Å². The number of β-lactam (4-membered cyclic amide) rings is 1. The van der Waals surface area contributed by atoms with Crippen LogP contribution >= 0.6 is 12.6 Å². The molecule has 0 radical (unpaired) electrons. The highest BCUT2D eigenvalue weighted by Crippen LogP contribution is 2.29. The van der Waals surface area contributed by atoms with Gasteiger partial charge < -0.3 is 26.2 Å². The molecule has 0 aromatic carbocycles. The average molecular weight is 395 g/mol. The number of amides is 2. The molecule has 12 heteroatoms. The molecule has 0 spiro atoms. The van der Waals surface area contributed by atoms with Crippen LogP contribution in [-0.4, -0.2) is 78.6 Å².